The zero-order valence-corrected chi connectivity index (χ0v) is 18.5. The molecule has 1 N–H and O–H groups in total. The van der Waals surface area contributed by atoms with E-state index in [0.29, 0.717) is 23.1 Å². The molecule has 154 valence electrons. The molecule has 4 rings (SSSR count). The quantitative estimate of drug-likeness (QED) is 0.297. The highest BCUT2D eigenvalue weighted by molar-refractivity contribution is 7.55. The fourth-order valence-electron chi connectivity index (χ4n) is 3.04. The first kappa shape index (κ1) is 20.5. The molecule has 0 fully saturated rings. The summed E-state index contributed by atoms with van der Waals surface area (Å²) in [4.78, 5) is 4.64. The van der Waals surface area contributed by atoms with E-state index in [1.54, 1.807) is 24.3 Å². The highest BCUT2D eigenvalue weighted by Gasteiger charge is 2.39. The molecule has 1 atom stereocenters. The van der Waals surface area contributed by atoms with E-state index in [1.165, 1.54) is 16.9 Å². The molecule has 0 saturated heterocycles. The van der Waals surface area contributed by atoms with E-state index in [1.807, 2.05) is 55.5 Å². The fraction of sp³-hybridized carbons (Fsp3) is 0.174. The topological polar surface area (TPSA) is 60.5 Å². The van der Waals surface area contributed by atoms with Crippen molar-refractivity contribution in [3.8, 4) is 11.5 Å². The van der Waals surface area contributed by atoms with Crippen LogP contribution in [0.2, 0.25) is 0 Å². The van der Waals surface area contributed by atoms with E-state index in [4.69, 9.17) is 9.05 Å². The normalized spacial score (nSPS) is 12.5. The van der Waals surface area contributed by atoms with Crippen LogP contribution in [0.3, 0.4) is 0 Å². The molecule has 0 aliphatic carbocycles. The Kier molecular flexibility index (Phi) is 6.07. The van der Waals surface area contributed by atoms with Gasteiger partial charge in [-0.25, -0.2) is 9.55 Å². The summed E-state index contributed by atoms with van der Waals surface area (Å²) >= 11 is 1.53. The van der Waals surface area contributed by atoms with Gasteiger partial charge >= 0.3 is 7.60 Å². The Bertz CT molecular complexity index is 1120. The maximum atomic E-state index is 14.0. The number of hydrogen-bond acceptors (Lipinski definition) is 6. The van der Waals surface area contributed by atoms with Crippen molar-refractivity contribution < 1.29 is 13.6 Å². The molecular formula is C23H23N2O3PS. The van der Waals surface area contributed by atoms with Crippen LogP contribution in [-0.2, 0) is 4.57 Å². The van der Waals surface area contributed by atoms with Gasteiger partial charge in [0.1, 0.15) is 11.5 Å². The summed E-state index contributed by atoms with van der Waals surface area (Å²) in [7, 11) is -3.64. The Morgan fingerprint density at radius 1 is 0.967 bits per heavy atom. The molecule has 0 aliphatic heterocycles. The SMILES string of the molecule is CCC(Nc1nc2ccc(C)cc2s1)P(=O)(Oc1ccccc1)Oc1ccccc1. The molecule has 30 heavy (non-hydrogen) atoms. The first-order chi connectivity index (χ1) is 14.6. The van der Waals surface area contributed by atoms with Crippen LogP contribution in [0.5, 0.6) is 11.5 Å². The monoisotopic (exact) mass is 438 g/mol. The van der Waals surface area contributed by atoms with Crippen molar-refractivity contribution in [2.24, 2.45) is 0 Å². The lowest BCUT2D eigenvalue weighted by Crippen LogP contribution is -2.24. The lowest BCUT2D eigenvalue weighted by molar-refractivity contribution is 0.374. The van der Waals surface area contributed by atoms with Gasteiger partial charge in [-0.15, -0.1) is 0 Å². The van der Waals surface area contributed by atoms with Crippen molar-refractivity contribution in [2.45, 2.75) is 26.1 Å². The second-order valence-corrected chi connectivity index (χ2v) is 10.0. The smallest absolute Gasteiger partial charge is 0.415 e. The average Bonchev–Trinajstić information content (AvgIpc) is 3.15. The molecule has 4 aromatic rings. The third kappa shape index (κ3) is 4.66. The van der Waals surface area contributed by atoms with Crippen LogP contribution >= 0.6 is 18.9 Å². The highest BCUT2D eigenvalue weighted by atomic mass is 32.1. The van der Waals surface area contributed by atoms with E-state index in [-0.39, 0.29) is 0 Å². The Hall–Kier alpha value is -2.82. The van der Waals surface area contributed by atoms with Gasteiger partial charge < -0.3 is 14.4 Å². The van der Waals surface area contributed by atoms with Crippen LogP contribution in [0.25, 0.3) is 10.2 Å². The summed E-state index contributed by atoms with van der Waals surface area (Å²) in [5.74, 6) is 0.424. The number of thiazole rings is 1. The zero-order valence-electron chi connectivity index (χ0n) is 16.8. The fourth-order valence-corrected chi connectivity index (χ4v) is 6.00. The van der Waals surface area contributed by atoms with Gasteiger partial charge in [0.2, 0.25) is 0 Å². The van der Waals surface area contributed by atoms with Gasteiger partial charge in [0.25, 0.3) is 0 Å². The summed E-state index contributed by atoms with van der Waals surface area (Å²) in [5.41, 5.74) is 2.08. The van der Waals surface area contributed by atoms with E-state index >= 15 is 0 Å². The maximum Gasteiger partial charge on any atom is 0.452 e. The van der Waals surface area contributed by atoms with Gasteiger partial charge in [-0.2, -0.15) is 0 Å². The Morgan fingerprint density at radius 3 is 2.13 bits per heavy atom. The Balaban J connectivity index is 1.66. The summed E-state index contributed by atoms with van der Waals surface area (Å²) in [6, 6.07) is 24.3. The molecule has 5 nitrogen and oxygen atoms in total. The molecule has 0 amide bonds. The standard InChI is InChI=1S/C23H23N2O3PS/c1-3-22(25-23-24-20-15-14-17(2)16-21(20)30-23)29(26,27-18-10-6-4-7-11-18)28-19-12-8-5-9-13-19/h4-16,22H,3H2,1-2H3,(H,24,25). The molecule has 1 heterocycles. The van der Waals surface area contributed by atoms with E-state index in [0.717, 1.165) is 10.2 Å². The van der Waals surface area contributed by atoms with Crippen molar-refractivity contribution in [3.63, 3.8) is 0 Å². The minimum absolute atomic E-state index is 0.497. The Labute approximate surface area is 180 Å². The van der Waals surface area contributed by atoms with E-state index < -0.39 is 13.4 Å². The summed E-state index contributed by atoms with van der Waals surface area (Å²) in [5, 5.41) is 4.00. The average molecular weight is 438 g/mol. The van der Waals surface area contributed by atoms with Crippen LogP contribution in [0, 0.1) is 6.92 Å². The molecule has 1 unspecified atom stereocenters. The molecular weight excluding hydrogens is 415 g/mol. The molecule has 3 aromatic carbocycles. The van der Waals surface area contributed by atoms with Gasteiger partial charge in [-0.1, -0.05) is 60.7 Å². The largest absolute Gasteiger partial charge is 0.452 e. The van der Waals surface area contributed by atoms with Gasteiger partial charge in [0.05, 0.1) is 10.2 Å². The molecule has 1 aromatic heterocycles. The summed E-state index contributed by atoms with van der Waals surface area (Å²) < 4.78 is 27.0. The lowest BCUT2D eigenvalue weighted by Gasteiger charge is -2.27. The second-order valence-electron chi connectivity index (χ2n) is 6.91. The molecule has 0 saturated carbocycles. The number of nitrogens with zero attached hydrogens (tertiary/aromatic N) is 1. The van der Waals surface area contributed by atoms with Crippen molar-refractivity contribution in [3.05, 3.63) is 84.4 Å². The van der Waals surface area contributed by atoms with Gasteiger partial charge in [0.15, 0.2) is 10.9 Å². The molecule has 0 radical (unpaired) electrons. The number of nitrogens with one attached hydrogen (secondary N) is 1. The van der Waals surface area contributed by atoms with Crippen molar-refractivity contribution in [2.75, 3.05) is 5.32 Å². The number of hydrogen-bond donors (Lipinski definition) is 1. The lowest BCUT2D eigenvalue weighted by atomic mass is 10.2. The van der Waals surface area contributed by atoms with E-state index in [2.05, 4.69) is 23.3 Å². The predicted molar refractivity (Wildman–Crippen MR) is 124 cm³/mol. The summed E-state index contributed by atoms with van der Waals surface area (Å²) in [6.45, 7) is 4.00. The highest BCUT2D eigenvalue weighted by Crippen LogP contribution is 2.54. The predicted octanol–water partition coefficient (Wildman–Crippen LogP) is 7.10. The van der Waals surface area contributed by atoms with Crippen molar-refractivity contribution in [1.82, 2.24) is 4.98 Å². The van der Waals surface area contributed by atoms with Crippen LogP contribution in [0.4, 0.5) is 5.13 Å². The number of rotatable bonds is 8. The second kappa shape index (κ2) is 8.90. The van der Waals surface area contributed by atoms with Crippen molar-refractivity contribution >= 4 is 34.3 Å². The molecule has 0 bridgehead atoms. The number of anilines is 1. The van der Waals surface area contributed by atoms with Crippen LogP contribution in [0.1, 0.15) is 18.9 Å². The minimum Gasteiger partial charge on any atom is -0.415 e. The first-order valence-corrected chi connectivity index (χ1v) is 12.2. The first-order valence-electron chi connectivity index (χ1n) is 9.78. The number of aromatic nitrogens is 1. The van der Waals surface area contributed by atoms with E-state index in [9.17, 15) is 4.57 Å². The van der Waals surface area contributed by atoms with Crippen molar-refractivity contribution in [1.29, 1.82) is 0 Å². The minimum atomic E-state index is -3.64. The van der Waals surface area contributed by atoms with Gasteiger partial charge in [0, 0.05) is 0 Å². The van der Waals surface area contributed by atoms with Crippen LogP contribution in [-0.4, -0.2) is 10.8 Å². The van der Waals surface area contributed by atoms with Crippen LogP contribution < -0.4 is 14.4 Å². The third-order valence-electron chi connectivity index (χ3n) is 4.55. The number of aryl methyl sites for hydroxylation is 1. The van der Waals surface area contributed by atoms with Gasteiger partial charge in [-0.3, -0.25) is 0 Å². The molecule has 0 aliphatic rings. The number of para-hydroxylation sites is 2. The number of fused-ring (bicyclic) bond motifs is 1. The Morgan fingerprint density at radius 2 is 1.57 bits per heavy atom. The molecule has 0 spiro atoms. The van der Waals surface area contributed by atoms with Crippen LogP contribution in [0.15, 0.2) is 78.9 Å². The van der Waals surface area contributed by atoms with Gasteiger partial charge in [-0.05, 0) is 55.3 Å². The number of benzene rings is 3. The zero-order chi connectivity index (χ0) is 21.0. The maximum absolute atomic E-state index is 14.0. The molecule has 7 heteroatoms. The summed E-state index contributed by atoms with van der Waals surface area (Å²) in [6.07, 6.45) is 0.534. The third-order valence-corrected chi connectivity index (χ3v) is 7.69.